The van der Waals surface area contributed by atoms with E-state index in [2.05, 4.69) is 13.5 Å². The minimum atomic E-state index is -0.525. The van der Waals surface area contributed by atoms with Gasteiger partial charge in [0, 0.05) is 0 Å². The lowest BCUT2D eigenvalue weighted by molar-refractivity contribution is -0.151. The highest BCUT2D eigenvalue weighted by Gasteiger charge is 2.56. The van der Waals surface area contributed by atoms with Gasteiger partial charge in [0.15, 0.2) is 0 Å². The second-order valence-corrected chi connectivity index (χ2v) is 7.51. The normalized spacial score (nSPS) is 24.9. The van der Waals surface area contributed by atoms with Crippen LogP contribution < -0.4 is 4.74 Å². The molecule has 1 saturated carbocycles. The molecule has 2 aliphatic rings. The summed E-state index contributed by atoms with van der Waals surface area (Å²) in [5.74, 6) is -0.137. The Morgan fingerprint density at radius 3 is 2.59 bits per heavy atom. The first-order valence-electron chi connectivity index (χ1n) is 9.93. The fourth-order valence-corrected chi connectivity index (χ4v) is 3.32. The van der Waals surface area contributed by atoms with Crippen LogP contribution in [0.5, 0.6) is 5.75 Å². The molecule has 3 atom stereocenters. The van der Waals surface area contributed by atoms with E-state index in [-0.39, 0.29) is 62.2 Å². The second-order valence-electron chi connectivity index (χ2n) is 7.51. The lowest BCUT2D eigenvalue weighted by Gasteiger charge is -2.20. The SMILES string of the molecule is C=C(COc1ccccc1)C(=O)OCCOCCOC(=O)C1CCC2(C)OC2C1. The molecule has 1 saturated heterocycles. The molecule has 1 aliphatic heterocycles. The van der Waals surface area contributed by atoms with E-state index in [1.165, 1.54) is 0 Å². The number of hydrogen-bond acceptors (Lipinski definition) is 7. The van der Waals surface area contributed by atoms with E-state index >= 15 is 0 Å². The highest BCUT2D eigenvalue weighted by Crippen LogP contribution is 2.49. The van der Waals surface area contributed by atoms with Gasteiger partial charge in [-0.15, -0.1) is 0 Å². The summed E-state index contributed by atoms with van der Waals surface area (Å²) in [5.41, 5.74) is 0.224. The highest BCUT2D eigenvalue weighted by atomic mass is 16.6. The summed E-state index contributed by atoms with van der Waals surface area (Å²) in [6.07, 6.45) is 2.65. The van der Waals surface area contributed by atoms with Gasteiger partial charge in [0.05, 0.1) is 36.4 Å². The predicted octanol–water partition coefficient (Wildman–Crippen LogP) is 2.68. The monoisotopic (exact) mass is 404 g/mol. The molecule has 0 radical (unpaired) electrons. The van der Waals surface area contributed by atoms with Gasteiger partial charge in [-0.25, -0.2) is 4.79 Å². The molecule has 7 nitrogen and oxygen atoms in total. The molecule has 2 fully saturated rings. The van der Waals surface area contributed by atoms with Crippen LogP contribution in [0.2, 0.25) is 0 Å². The Morgan fingerprint density at radius 1 is 1.14 bits per heavy atom. The Morgan fingerprint density at radius 2 is 1.86 bits per heavy atom. The molecule has 1 aliphatic carbocycles. The van der Waals surface area contributed by atoms with Crippen molar-refractivity contribution in [3.63, 3.8) is 0 Å². The maximum absolute atomic E-state index is 12.1. The van der Waals surface area contributed by atoms with E-state index in [0.29, 0.717) is 5.75 Å². The number of carbonyl (C=O) groups is 2. The fraction of sp³-hybridized carbons (Fsp3) is 0.545. The summed E-state index contributed by atoms with van der Waals surface area (Å²) in [6.45, 7) is 6.57. The molecule has 0 bridgehead atoms. The van der Waals surface area contributed by atoms with Crippen LogP contribution >= 0.6 is 0 Å². The lowest BCUT2D eigenvalue weighted by atomic mass is 9.83. The molecular formula is C22H28O7. The van der Waals surface area contributed by atoms with Crippen molar-refractivity contribution in [3.8, 4) is 5.75 Å². The molecule has 158 valence electrons. The van der Waals surface area contributed by atoms with E-state index in [9.17, 15) is 9.59 Å². The van der Waals surface area contributed by atoms with Crippen LogP contribution in [0.1, 0.15) is 26.2 Å². The second kappa shape index (κ2) is 9.89. The van der Waals surface area contributed by atoms with Crippen molar-refractivity contribution in [1.82, 2.24) is 0 Å². The summed E-state index contributed by atoms with van der Waals surface area (Å²) in [7, 11) is 0. The Balaban J connectivity index is 1.18. The first-order valence-corrected chi connectivity index (χ1v) is 9.93. The van der Waals surface area contributed by atoms with Crippen LogP contribution in [0.15, 0.2) is 42.5 Å². The molecule has 3 rings (SSSR count). The van der Waals surface area contributed by atoms with Crippen LogP contribution in [0.3, 0.4) is 0 Å². The van der Waals surface area contributed by atoms with E-state index < -0.39 is 5.97 Å². The van der Waals surface area contributed by atoms with E-state index in [1.807, 2.05) is 18.2 Å². The predicted molar refractivity (Wildman–Crippen MR) is 104 cm³/mol. The van der Waals surface area contributed by atoms with Crippen molar-refractivity contribution in [3.05, 3.63) is 42.5 Å². The van der Waals surface area contributed by atoms with Crippen LogP contribution in [0.4, 0.5) is 0 Å². The minimum Gasteiger partial charge on any atom is -0.489 e. The first-order chi connectivity index (χ1) is 14.0. The first kappa shape index (κ1) is 21.3. The number of para-hydroxylation sites is 1. The van der Waals surface area contributed by atoms with Crippen molar-refractivity contribution < 1.29 is 33.3 Å². The number of rotatable bonds is 11. The number of esters is 2. The number of fused-ring (bicyclic) bond motifs is 1. The zero-order valence-electron chi connectivity index (χ0n) is 16.8. The molecular weight excluding hydrogens is 376 g/mol. The van der Waals surface area contributed by atoms with Gasteiger partial charge >= 0.3 is 11.9 Å². The maximum Gasteiger partial charge on any atom is 0.336 e. The van der Waals surface area contributed by atoms with Crippen LogP contribution in [-0.2, 0) is 28.5 Å². The quantitative estimate of drug-likeness (QED) is 0.243. The zero-order valence-corrected chi connectivity index (χ0v) is 16.8. The van der Waals surface area contributed by atoms with Crippen molar-refractivity contribution in [2.24, 2.45) is 5.92 Å². The van der Waals surface area contributed by atoms with Gasteiger partial charge in [-0.1, -0.05) is 24.8 Å². The van der Waals surface area contributed by atoms with Gasteiger partial charge in [-0.3, -0.25) is 4.79 Å². The third-order valence-corrected chi connectivity index (χ3v) is 5.23. The third-order valence-electron chi connectivity index (χ3n) is 5.23. The molecule has 1 heterocycles. The van der Waals surface area contributed by atoms with Crippen LogP contribution in [0, 0.1) is 5.92 Å². The van der Waals surface area contributed by atoms with Crippen molar-refractivity contribution in [2.75, 3.05) is 33.0 Å². The van der Waals surface area contributed by atoms with Crippen molar-refractivity contribution in [2.45, 2.75) is 37.9 Å². The van der Waals surface area contributed by atoms with E-state index in [0.717, 1.165) is 19.3 Å². The number of hydrogen-bond donors (Lipinski definition) is 0. The Bertz CT molecular complexity index is 717. The largest absolute Gasteiger partial charge is 0.489 e. The number of ether oxygens (including phenoxy) is 5. The van der Waals surface area contributed by atoms with Crippen LogP contribution in [-0.4, -0.2) is 56.7 Å². The molecule has 0 N–H and O–H groups in total. The number of benzene rings is 1. The number of carbonyl (C=O) groups excluding carboxylic acids is 2. The van der Waals surface area contributed by atoms with E-state index in [4.69, 9.17) is 23.7 Å². The lowest BCUT2D eigenvalue weighted by Crippen LogP contribution is -2.28. The topological polar surface area (TPSA) is 83.6 Å². The molecule has 3 unspecified atom stereocenters. The van der Waals surface area contributed by atoms with Gasteiger partial charge < -0.3 is 23.7 Å². The van der Waals surface area contributed by atoms with Crippen LogP contribution in [0.25, 0.3) is 0 Å². The van der Waals surface area contributed by atoms with E-state index in [1.54, 1.807) is 12.1 Å². The molecule has 0 aromatic heterocycles. The fourth-order valence-electron chi connectivity index (χ4n) is 3.32. The Labute approximate surface area is 170 Å². The minimum absolute atomic E-state index is 0.00367. The molecule has 7 heteroatoms. The Kier molecular flexibility index (Phi) is 7.28. The molecule has 0 amide bonds. The van der Waals surface area contributed by atoms with Gasteiger partial charge in [-0.2, -0.15) is 0 Å². The molecule has 1 aromatic rings. The van der Waals surface area contributed by atoms with Crippen molar-refractivity contribution in [1.29, 1.82) is 0 Å². The summed E-state index contributed by atoms with van der Waals surface area (Å²) < 4.78 is 26.7. The van der Waals surface area contributed by atoms with Gasteiger partial charge in [0.25, 0.3) is 0 Å². The summed E-state index contributed by atoms with van der Waals surface area (Å²) in [4.78, 5) is 23.9. The average Bonchev–Trinajstić information content (AvgIpc) is 3.42. The highest BCUT2D eigenvalue weighted by molar-refractivity contribution is 5.88. The van der Waals surface area contributed by atoms with Gasteiger partial charge in [0.1, 0.15) is 25.6 Å². The average molecular weight is 404 g/mol. The smallest absolute Gasteiger partial charge is 0.336 e. The standard InChI is InChI=1S/C22H28O7/c1-16(15-28-18-6-4-3-5-7-18)20(23)26-12-10-25-11-13-27-21(24)17-8-9-22(2)19(14-17)29-22/h3-7,17,19H,1,8-15H2,2H3. The summed E-state index contributed by atoms with van der Waals surface area (Å²) in [5, 5.41) is 0. The Hall–Kier alpha value is -2.38. The summed E-state index contributed by atoms with van der Waals surface area (Å²) >= 11 is 0. The van der Waals surface area contributed by atoms with Crippen molar-refractivity contribution >= 4 is 11.9 Å². The number of epoxide rings is 1. The van der Waals surface area contributed by atoms with Gasteiger partial charge in [0.2, 0.25) is 0 Å². The maximum atomic E-state index is 12.1. The molecule has 0 spiro atoms. The van der Waals surface area contributed by atoms with Gasteiger partial charge in [-0.05, 0) is 38.3 Å². The summed E-state index contributed by atoms with van der Waals surface area (Å²) in [6, 6.07) is 9.16. The molecule has 1 aromatic carbocycles. The molecule has 29 heavy (non-hydrogen) atoms. The third kappa shape index (κ3) is 6.30. The zero-order chi connectivity index (χ0) is 20.7.